The molecule has 2 heterocycles. The van der Waals surface area contributed by atoms with E-state index >= 15 is 0 Å². The van der Waals surface area contributed by atoms with Crippen molar-refractivity contribution in [3.63, 3.8) is 0 Å². The third-order valence-corrected chi connectivity index (χ3v) is 5.29. The number of halogens is 3. The standard InChI is InChI=1S/C16H19F3N4S/c1-22(15-21-20-14(24-15)16(17,18)19)13-8-5-9-23(11-13)10-12-6-3-2-4-7-12/h2-4,6-7,13H,5,8-11H2,1H3. The van der Waals surface area contributed by atoms with E-state index in [0.29, 0.717) is 16.5 Å². The van der Waals surface area contributed by atoms with Crippen molar-refractivity contribution in [2.75, 3.05) is 25.0 Å². The molecule has 0 amide bonds. The SMILES string of the molecule is CN(c1nnc(C(F)(F)F)s1)C1CCCN(Cc2ccccc2)C1. The summed E-state index contributed by atoms with van der Waals surface area (Å²) in [6.45, 7) is 2.67. The lowest BCUT2D eigenvalue weighted by Crippen LogP contribution is -2.46. The number of hydrogen-bond acceptors (Lipinski definition) is 5. The molecule has 3 rings (SSSR count). The Hall–Kier alpha value is -1.67. The van der Waals surface area contributed by atoms with Gasteiger partial charge in [-0.05, 0) is 24.9 Å². The van der Waals surface area contributed by atoms with E-state index in [4.69, 9.17) is 0 Å². The molecule has 1 aliphatic rings. The van der Waals surface area contributed by atoms with Crippen molar-refractivity contribution in [3.8, 4) is 0 Å². The van der Waals surface area contributed by atoms with Gasteiger partial charge < -0.3 is 4.90 Å². The van der Waals surface area contributed by atoms with Crippen LogP contribution in [0.15, 0.2) is 30.3 Å². The Labute approximate surface area is 142 Å². The Balaban J connectivity index is 1.64. The van der Waals surface area contributed by atoms with Crippen LogP contribution in [-0.4, -0.2) is 41.3 Å². The third kappa shape index (κ3) is 4.05. The van der Waals surface area contributed by atoms with E-state index in [1.807, 2.05) is 23.1 Å². The fourth-order valence-electron chi connectivity index (χ4n) is 2.96. The number of anilines is 1. The minimum Gasteiger partial charge on any atom is -0.345 e. The van der Waals surface area contributed by atoms with Crippen molar-refractivity contribution in [3.05, 3.63) is 40.9 Å². The summed E-state index contributed by atoms with van der Waals surface area (Å²) in [6.07, 6.45) is -2.46. The molecule has 1 fully saturated rings. The van der Waals surface area contributed by atoms with Gasteiger partial charge in [0.2, 0.25) is 10.1 Å². The Morgan fingerprint density at radius 1 is 1.25 bits per heavy atom. The van der Waals surface area contributed by atoms with Crippen molar-refractivity contribution in [1.82, 2.24) is 15.1 Å². The maximum absolute atomic E-state index is 12.7. The van der Waals surface area contributed by atoms with Gasteiger partial charge in [0.15, 0.2) is 0 Å². The first kappa shape index (κ1) is 17.2. The number of likely N-dealkylation sites (tertiary alicyclic amines) is 1. The summed E-state index contributed by atoms with van der Waals surface area (Å²) in [6, 6.07) is 10.4. The minimum atomic E-state index is -4.43. The molecule has 0 bridgehead atoms. The molecule has 8 heteroatoms. The number of hydrogen-bond donors (Lipinski definition) is 0. The van der Waals surface area contributed by atoms with E-state index in [2.05, 4.69) is 27.2 Å². The highest BCUT2D eigenvalue weighted by Crippen LogP contribution is 2.35. The molecule has 130 valence electrons. The van der Waals surface area contributed by atoms with Crippen LogP contribution in [0.3, 0.4) is 0 Å². The first-order valence-corrected chi connectivity index (χ1v) is 8.65. The summed E-state index contributed by atoms with van der Waals surface area (Å²) in [5.41, 5.74) is 1.25. The summed E-state index contributed by atoms with van der Waals surface area (Å²) >= 11 is 0.607. The highest BCUT2D eigenvalue weighted by atomic mass is 32.1. The summed E-state index contributed by atoms with van der Waals surface area (Å²) in [5, 5.41) is 6.44. The van der Waals surface area contributed by atoms with Gasteiger partial charge in [0.25, 0.3) is 0 Å². The van der Waals surface area contributed by atoms with Crippen molar-refractivity contribution < 1.29 is 13.2 Å². The van der Waals surface area contributed by atoms with E-state index < -0.39 is 11.2 Å². The van der Waals surface area contributed by atoms with E-state index in [1.165, 1.54) is 5.56 Å². The van der Waals surface area contributed by atoms with Crippen LogP contribution >= 0.6 is 11.3 Å². The fourth-order valence-corrected chi connectivity index (χ4v) is 3.71. The molecule has 1 aliphatic heterocycles. The topological polar surface area (TPSA) is 32.3 Å². The molecule has 1 atom stereocenters. The van der Waals surface area contributed by atoms with E-state index in [-0.39, 0.29) is 6.04 Å². The maximum Gasteiger partial charge on any atom is 0.445 e. The second kappa shape index (κ2) is 7.06. The summed E-state index contributed by atoms with van der Waals surface area (Å²) in [7, 11) is 1.80. The normalized spacial score (nSPS) is 19.4. The molecule has 0 N–H and O–H groups in total. The maximum atomic E-state index is 12.7. The van der Waals surface area contributed by atoms with Crippen LogP contribution in [0, 0.1) is 0 Å². The van der Waals surface area contributed by atoms with Gasteiger partial charge in [-0.15, -0.1) is 10.2 Å². The number of rotatable bonds is 4. The van der Waals surface area contributed by atoms with Crippen LogP contribution in [0.2, 0.25) is 0 Å². The van der Waals surface area contributed by atoms with Crippen molar-refractivity contribution in [2.24, 2.45) is 0 Å². The number of likely N-dealkylation sites (N-methyl/N-ethyl adjacent to an activating group) is 1. The number of piperidine rings is 1. The molecule has 0 spiro atoms. The molecule has 0 radical (unpaired) electrons. The van der Waals surface area contributed by atoms with Gasteiger partial charge in [-0.3, -0.25) is 4.90 Å². The Morgan fingerprint density at radius 3 is 2.67 bits per heavy atom. The number of benzene rings is 1. The molecular weight excluding hydrogens is 337 g/mol. The Bertz CT molecular complexity index is 659. The summed E-state index contributed by atoms with van der Waals surface area (Å²) in [4.78, 5) is 4.18. The summed E-state index contributed by atoms with van der Waals surface area (Å²) in [5.74, 6) is 0. The lowest BCUT2D eigenvalue weighted by molar-refractivity contribution is -0.138. The van der Waals surface area contributed by atoms with Crippen LogP contribution in [0.4, 0.5) is 18.3 Å². The van der Waals surface area contributed by atoms with Crippen LogP contribution in [-0.2, 0) is 12.7 Å². The van der Waals surface area contributed by atoms with E-state index in [9.17, 15) is 13.2 Å². The highest BCUT2D eigenvalue weighted by Gasteiger charge is 2.36. The zero-order valence-electron chi connectivity index (χ0n) is 13.3. The monoisotopic (exact) mass is 356 g/mol. The second-order valence-electron chi connectivity index (χ2n) is 6.02. The van der Waals surface area contributed by atoms with Gasteiger partial charge in [0, 0.05) is 26.2 Å². The largest absolute Gasteiger partial charge is 0.445 e. The van der Waals surface area contributed by atoms with Gasteiger partial charge in [-0.1, -0.05) is 41.7 Å². The van der Waals surface area contributed by atoms with Crippen molar-refractivity contribution in [1.29, 1.82) is 0 Å². The first-order valence-electron chi connectivity index (χ1n) is 7.83. The van der Waals surface area contributed by atoms with Crippen LogP contribution in [0.5, 0.6) is 0 Å². The second-order valence-corrected chi connectivity index (χ2v) is 6.97. The van der Waals surface area contributed by atoms with E-state index in [0.717, 1.165) is 32.5 Å². The summed E-state index contributed by atoms with van der Waals surface area (Å²) < 4.78 is 38.1. The van der Waals surface area contributed by atoms with Gasteiger partial charge >= 0.3 is 6.18 Å². The molecular formula is C16H19F3N4S. The highest BCUT2D eigenvalue weighted by molar-refractivity contribution is 7.15. The smallest absolute Gasteiger partial charge is 0.345 e. The van der Waals surface area contributed by atoms with Crippen LogP contribution in [0.25, 0.3) is 0 Å². The Morgan fingerprint density at radius 2 is 2.00 bits per heavy atom. The molecule has 0 aliphatic carbocycles. The van der Waals surface area contributed by atoms with Crippen LogP contribution in [0.1, 0.15) is 23.4 Å². The third-order valence-electron chi connectivity index (χ3n) is 4.24. The molecule has 4 nitrogen and oxygen atoms in total. The number of nitrogens with zero attached hydrogens (tertiary/aromatic N) is 4. The van der Waals surface area contributed by atoms with Crippen LogP contribution < -0.4 is 4.90 Å². The lowest BCUT2D eigenvalue weighted by atomic mass is 10.0. The molecule has 1 unspecified atom stereocenters. The van der Waals surface area contributed by atoms with Crippen molar-refractivity contribution in [2.45, 2.75) is 31.6 Å². The minimum absolute atomic E-state index is 0.150. The quantitative estimate of drug-likeness (QED) is 0.837. The number of alkyl halides is 3. The zero-order valence-corrected chi connectivity index (χ0v) is 14.1. The predicted molar refractivity (Wildman–Crippen MR) is 88.1 cm³/mol. The van der Waals surface area contributed by atoms with Gasteiger partial charge in [0.05, 0.1) is 0 Å². The van der Waals surface area contributed by atoms with Crippen molar-refractivity contribution >= 4 is 16.5 Å². The molecule has 24 heavy (non-hydrogen) atoms. The fraction of sp³-hybridized carbons (Fsp3) is 0.500. The molecule has 1 aromatic carbocycles. The molecule has 1 saturated heterocycles. The molecule has 2 aromatic rings. The molecule has 0 saturated carbocycles. The average Bonchev–Trinajstić information content (AvgIpc) is 3.06. The Kier molecular flexibility index (Phi) is 5.05. The first-order chi connectivity index (χ1) is 11.4. The van der Waals surface area contributed by atoms with Gasteiger partial charge in [-0.2, -0.15) is 13.2 Å². The number of aromatic nitrogens is 2. The average molecular weight is 356 g/mol. The molecule has 1 aromatic heterocycles. The van der Waals surface area contributed by atoms with Gasteiger partial charge in [-0.25, -0.2) is 0 Å². The van der Waals surface area contributed by atoms with Gasteiger partial charge in [0.1, 0.15) is 0 Å². The van der Waals surface area contributed by atoms with E-state index in [1.54, 1.807) is 7.05 Å². The predicted octanol–water partition coefficient (Wildman–Crippen LogP) is 3.66. The zero-order chi connectivity index (χ0) is 17.2. The lowest BCUT2D eigenvalue weighted by Gasteiger charge is -2.37.